The number of aromatic nitrogens is 2. The summed E-state index contributed by atoms with van der Waals surface area (Å²) in [4.78, 5) is 36.2. The second-order valence-corrected chi connectivity index (χ2v) is 7.60. The minimum atomic E-state index is -0.401. The maximum Gasteiger partial charge on any atom is 0.338 e. The zero-order valence-electron chi connectivity index (χ0n) is 18.2. The number of ether oxygens (including phenoxy) is 2. The Hall–Kier alpha value is -3.68. The van der Waals surface area contributed by atoms with Gasteiger partial charge in [0.2, 0.25) is 5.91 Å². The van der Waals surface area contributed by atoms with Gasteiger partial charge in [0.05, 0.1) is 30.3 Å². The van der Waals surface area contributed by atoms with Crippen LogP contribution < -0.4 is 15.0 Å². The molecule has 166 valence electrons. The van der Waals surface area contributed by atoms with Crippen LogP contribution in [0.4, 0.5) is 11.5 Å². The number of carbonyl (C=O) groups is 2. The van der Waals surface area contributed by atoms with Gasteiger partial charge < -0.3 is 19.7 Å². The smallest absolute Gasteiger partial charge is 0.338 e. The molecule has 1 aliphatic rings. The molecular weight excluding hydrogens is 408 g/mol. The van der Waals surface area contributed by atoms with Gasteiger partial charge in [-0.25, -0.2) is 14.8 Å². The number of hydrogen-bond acceptors (Lipinski definition) is 7. The van der Waals surface area contributed by atoms with E-state index in [9.17, 15) is 9.59 Å². The van der Waals surface area contributed by atoms with E-state index in [1.807, 2.05) is 24.3 Å². The van der Waals surface area contributed by atoms with Crippen LogP contribution in [0.1, 0.15) is 30.1 Å². The molecule has 1 amide bonds. The van der Waals surface area contributed by atoms with Gasteiger partial charge in [0.25, 0.3) is 5.88 Å². The fourth-order valence-corrected chi connectivity index (χ4v) is 3.85. The summed E-state index contributed by atoms with van der Waals surface area (Å²) in [5, 5.41) is 2.93. The molecule has 1 aromatic heterocycles. The highest BCUT2D eigenvalue weighted by molar-refractivity contribution is 5.95. The van der Waals surface area contributed by atoms with E-state index in [2.05, 4.69) is 15.2 Å². The Morgan fingerprint density at radius 2 is 1.78 bits per heavy atom. The maximum absolute atomic E-state index is 12.8. The number of piperidine rings is 1. The Balaban J connectivity index is 1.41. The average molecular weight is 434 g/mol. The zero-order chi connectivity index (χ0) is 22.5. The molecule has 3 aromatic rings. The number of benzene rings is 2. The van der Waals surface area contributed by atoms with Crippen molar-refractivity contribution in [2.24, 2.45) is 5.92 Å². The number of anilines is 2. The van der Waals surface area contributed by atoms with E-state index >= 15 is 0 Å². The number of carbonyl (C=O) groups excluding carboxylic acids is 2. The molecule has 1 saturated heterocycles. The van der Waals surface area contributed by atoms with E-state index in [1.165, 1.54) is 0 Å². The molecule has 0 bridgehead atoms. The van der Waals surface area contributed by atoms with Crippen molar-refractivity contribution in [3.8, 4) is 5.88 Å². The highest BCUT2D eigenvalue weighted by Crippen LogP contribution is 2.30. The van der Waals surface area contributed by atoms with Gasteiger partial charge in [-0.1, -0.05) is 18.2 Å². The number of nitrogens with zero attached hydrogens (tertiary/aromatic N) is 3. The summed E-state index contributed by atoms with van der Waals surface area (Å²) in [6, 6.07) is 14.5. The molecule has 2 heterocycles. The van der Waals surface area contributed by atoms with Crippen LogP contribution in [0.3, 0.4) is 0 Å². The van der Waals surface area contributed by atoms with Crippen molar-refractivity contribution in [1.29, 1.82) is 0 Å². The van der Waals surface area contributed by atoms with E-state index in [-0.39, 0.29) is 11.8 Å². The van der Waals surface area contributed by atoms with Crippen LogP contribution in [0.2, 0.25) is 0 Å². The molecule has 0 spiro atoms. The molecule has 1 N–H and O–H groups in total. The number of nitrogens with one attached hydrogen (secondary N) is 1. The van der Waals surface area contributed by atoms with Gasteiger partial charge in [-0.15, -0.1) is 0 Å². The molecular formula is C24H26N4O4. The van der Waals surface area contributed by atoms with E-state index in [0.29, 0.717) is 55.5 Å². The van der Waals surface area contributed by atoms with E-state index in [1.54, 1.807) is 38.3 Å². The van der Waals surface area contributed by atoms with E-state index in [4.69, 9.17) is 14.5 Å². The van der Waals surface area contributed by atoms with Gasteiger partial charge in [0, 0.05) is 24.7 Å². The fraction of sp³-hybridized carbons (Fsp3) is 0.333. The van der Waals surface area contributed by atoms with Crippen molar-refractivity contribution >= 4 is 34.4 Å². The number of fused-ring (bicyclic) bond motifs is 1. The second-order valence-electron chi connectivity index (χ2n) is 7.60. The number of para-hydroxylation sites is 2. The Bertz CT molecular complexity index is 1130. The van der Waals surface area contributed by atoms with Crippen LogP contribution in [0.5, 0.6) is 5.88 Å². The normalized spacial score (nSPS) is 14.2. The van der Waals surface area contributed by atoms with E-state index < -0.39 is 5.97 Å². The summed E-state index contributed by atoms with van der Waals surface area (Å²) >= 11 is 0. The van der Waals surface area contributed by atoms with Crippen LogP contribution in [0.15, 0.2) is 48.5 Å². The number of rotatable bonds is 6. The Morgan fingerprint density at radius 3 is 2.47 bits per heavy atom. The van der Waals surface area contributed by atoms with Crippen molar-refractivity contribution in [1.82, 2.24) is 9.97 Å². The molecule has 32 heavy (non-hydrogen) atoms. The number of methoxy groups -OCH3 is 1. The lowest BCUT2D eigenvalue weighted by atomic mass is 9.95. The average Bonchev–Trinajstić information content (AvgIpc) is 2.83. The maximum atomic E-state index is 12.8. The SMILES string of the molecule is CCOC(=O)c1cccc(NC(=O)C2CCN(c3nc4ccccc4nc3OC)CC2)c1. The summed E-state index contributed by atoms with van der Waals surface area (Å²) in [5.74, 6) is 0.607. The molecule has 1 fully saturated rings. The first-order valence-corrected chi connectivity index (χ1v) is 10.7. The van der Waals surface area contributed by atoms with Gasteiger partial charge >= 0.3 is 5.97 Å². The second kappa shape index (κ2) is 9.64. The van der Waals surface area contributed by atoms with Crippen LogP contribution in [0, 0.1) is 5.92 Å². The molecule has 1 aliphatic heterocycles. The summed E-state index contributed by atoms with van der Waals surface area (Å²) in [7, 11) is 1.59. The summed E-state index contributed by atoms with van der Waals surface area (Å²) < 4.78 is 10.5. The Labute approximate surface area is 186 Å². The van der Waals surface area contributed by atoms with Gasteiger partial charge in [0.15, 0.2) is 5.82 Å². The van der Waals surface area contributed by atoms with Crippen LogP contribution in [0.25, 0.3) is 11.0 Å². The highest BCUT2D eigenvalue weighted by Gasteiger charge is 2.28. The van der Waals surface area contributed by atoms with Gasteiger partial charge in [-0.05, 0) is 50.1 Å². The van der Waals surface area contributed by atoms with E-state index in [0.717, 1.165) is 11.0 Å². The molecule has 2 aromatic carbocycles. The summed E-state index contributed by atoms with van der Waals surface area (Å²) in [6.07, 6.45) is 1.36. The van der Waals surface area contributed by atoms with Gasteiger partial charge in [-0.3, -0.25) is 4.79 Å². The third-order valence-corrected chi connectivity index (χ3v) is 5.52. The largest absolute Gasteiger partial charge is 0.478 e. The first kappa shape index (κ1) is 21.5. The van der Waals surface area contributed by atoms with Crippen molar-refractivity contribution in [3.63, 3.8) is 0 Å². The molecule has 0 radical (unpaired) electrons. The monoisotopic (exact) mass is 434 g/mol. The molecule has 0 aliphatic carbocycles. The van der Waals surface area contributed by atoms with Crippen molar-refractivity contribution in [3.05, 3.63) is 54.1 Å². The molecule has 0 saturated carbocycles. The molecule has 4 rings (SSSR count). The number of esters is 1. The molecule has 0 unspecified atom stereocenters. The van der Waals surface area contributed by atoms with Crippen LogP contribution in [-0.2, 0) is 9.53 Å². The lowest BCUT2D eigenvalue weighted by Crippen LogP contribution is -2.38. The molecule has 0 atom stereocenters. The predicted octanol–water partition coefficient (Wildman–Crippen LogP) is 3.67. The minimum absolute atomic E-state index is 0.0535. The van der Waals surface area contributed by atoms with Crippen LogP contribution >= 0.6 is 0 Å². The predicted molar refractivity (Wildman–Crippen MR) is 122 cm³/mol. The first-order valence-electron chi connectivity index (χ1n) is 10.7. The summed E-state index contributed by atoms with van der Waals surface area (Å²) in [5.41, 5.74) is 2.60. The third kappa shape index (κ3) is 4.64. The minimum Gasteiger partial charge on any atom is -0.478 e. The Kier molecular flexibility index (Phi) is 6.49. The Morgan fingerprint density at radius 1 is 1.06 bits per heavy atom. The van der Waals surface area contributed by atoms with Gasteiger partial charge in [-0.2, -0.15) is 0 Å². The zero-order valence-corrected chi connectivity index (χ0v) is 18.2. The van der Waals surface area contributed by atoms with Crippen LogP contribution in [-0.4, -0.2) is 48.7 Å². The van der Waals surface area contributed by atoms with Gasteiger partial charge in [0.1, 0.15) is 0 Å². The quantitative estimate of drug-likeness (QED) is 0.592. The first-order chi connectivity index (χ1) is 15.6. The third-order valence-electron chi connectivity index (χ3n) is 5.52. The lowest BCUT2D eigenvalue weighted by Gasteiger charge is -2.32. The lowest BCUT2D eigenvalue weighted by molar-refractivity contribution is -0.120. The topological polar surface area (TPSA) is 93.7 Å². The standard InChI is InChI=1S/C24H26N4O4/c1-3-32-24(30)17-7-6-8-18(15-17)25-22(29)16-11-13-28(14-12-16)21-23(31-2)27-20-10-5-4-9-19(20)26-21/h4-10,15-16H,3,11-14H2,1-2H3,(H,25,29). The highest BCUT2D eigenvalue weighted by atomic mass is 16.5. The fourth-order valence-electron chi connectivity index (χ4n) is 3.85. The van der Waals surface area contributed by atoms with Crippen molar-refractivity contribution < 1.29 is 19.1 Å². The number of amides is 1. The number of hydrogen-bond donors (Lipinski definition) is 1. The molecule has 8 heteroatoms. The van der Waals surface area contributed by atoms with Crippen molar-refractivity contribution in [2.75, 3.05) is 37.0 Å². The molecule has 8 nitrogen and oxygen atoms in total. The van der Waals surface area contributed by atoms with Crippen molar-refractivity contribution in [2.45, 2.75) is 19.8 Å². The summed E-state index contributed by atoms with van der Waals surface area (Å²) in [6.45, 7) is 3.41.